The number of nitrogen functional groups attached to an aromatic ring is 1. The summed E-state index contributed by atoms with van der Waals surface area (Å²) in [5.41, 5.74) is 6.76. The van der Waals surface area contributed by atoms with Crippen LogP contribution in [0.25, 0.3) is 11.3 Å². The quantitative estimate of drug-likeness (QED) is 0.742. The van der Waals surface area contributed by atoms with Crippen molar-refractivity contribution in [3.8, 4) is 11.3 Å². The van der Waals surface area contributed by atoms with Crippen molar-refractivity contribution in [2.45, 2.75) is 13.1 Å². The van der Waals surface area contributed by atoms with Gasteiger partial charge in [0.2, 0.25) is 5.91 Å². The Morgan fingerprint density at radius 2 is 2.00 bits per heavy atom. The second-order valence-electron chi connectivity index (χ2n) is 5.17. The van der Waals surface area contributed by atoms with Crippen molar-refractivity contribution in [1.29, 1.82) is 0 Å². The summed E-state index contributed by atoms with van der Waals surface area (Å²) in [6, 6.07) is 14.7. The first-order chi connectivity index (χ1) is 11.6. The minimum absolute atomic E-state index is 0.0647. The zero-order chi connectivity index (χ0) is 16.9. The SMILES string of the molecule is Nc1cc(-c2ccccc2)nn(CC(=O)NCc2cccs2)c1=O. The maximum Gasteiger partial charge on any atom is 0.290 e. The van der Waals surface area contributed by atoms with Crippen molar-refractivity contribution in [3.63, 3.8) is 0 Å². The highest BCUT2D eigenvalue weighted by Gasteiger charge is 2.11. The normalized spacial score (nSPS) is 10.5. The van der Waals surface area contributed by atoms with E-state index < -0.39 is 5.56 Å². The fourth-order valence-electron chi connectivity index (χ4n) is 2.21. The van der Waals surface area contributed by atoms with Gasteiger partial charge < -0.3 is 11.1 Å². The van der Waals surface area contributed by atoms with Gasteiger partial charge in [0.05, 0.1) is 12.2 Å². The predicted octanol–water partition coefficient (Wildman–Crippen LogP) is 1.87. The van der Waals surface area contributed by atoms with Gasteiger partial charge in [-0.1, -0.05) is 36.4 Å². The molecule has 6 nitrogen and oxygen atoms in total. The molecule has 122 valence electrons. The van der Waals surface area contributed by atoms with Crippen molar-refractivity contribution < 1.29 is 4.79 Å². The third-order valence-electron chi connectivity index (χ3n) is 3.40. The Morgan fingerprint density at radius 1 is 1.21 bits per heavy atom. The number of hydrogen-bond acceptors (Lipinski definition) is 5. The largest absolute Gasteiger partial charge is 0.394 e. The number of thiophene rings is 1. The molecular weight excluding hydrogens is 324 g/mol. The molecule has 1 aromatic carbocycles. The van der Waals surface area contributed by atoms with E-state index in [1.165, 1.54) is 6.07 Å². The Labute approximate surface area is 142 Å². The van der Waals surface area contributed by atoms with Gasteiger partial charge in [-0.2, -0.15) is 5.10 Å². The average Bonchev–Trinajstić information content (AvgIpc) is 3.11. The third kappa shape index (κ3) is 3.69. The lowest BCUT2D eigenvalue weighted by Crippen LogP contribution is -2.34. The van der Waals surface area contributed by atoms with Crippen LogP contribution in [0.4, 0.5) is 5.69 Å². The Morgan fingerprint density at radius 3 is 2.71 bits per heavy atom. The first-order valence-electron chi connectivity index (χ1n) is 7.35. The molecular formula is C17H16N4O2S. The highest BCUT2D eigenvalue weighted by molar-refractivity contribution is 7.09. The van der Waals surface area contributed by atoms with Gasteiger partial charge in [0.1, 0.15) is 12.2 Å². The molecule has 0 aliphatic heterocycles. The molecule has 0 atom stereocenters. The van der Waals surface area contributed by atoms with Crippen LogP contribution in [-0.2, 0) is 17.9 Å². The summed E-state index contributed by atoms with van der Waals surface area (Å²) in [5, 5.41) is 8.97. The second kappa shape index (κ2) is 7.10. The van der Waals surface area contributed by atoms with Gasteiger partial charge >= 0.3 is 0 Å². The number of nitrogens with two attached hydrogens (primary N) is 1. The molecule has 0 aliphatic carbocycles. The molecule has 0 saturated heterocycles. The maximum atomic E-state index is 12.1. The van der Waals surface area contributed by atoms with Gasteiger partial charge in [0.15, 0.2) is 0 Å². The van der Waals surface area contributed by atoms with E-state index in [-0.39, 0.29) is 18.1 Å². The average molecular weight is 340 g/mol. The van der Waals surface area contributed by atoms with Gasteiger partial charge in [-0.25, -0.2) is 4.68 Å². The molecule has 0 bridgehead atoms. The number of nitrogens with zero attached hydrogens (tertiary/aromatic N) is 2. The first kappa shape index (κ1) is 15.9. The van der Waals surface area contributed by atoms with Crippen LogP contribution in [0.5, 0.6) is 0 Å². The monoisotopic (exact) mass is 340 g/mol. The van der Waals surface area contributed by atoms with Gasteiger partial charge in [-0.15, -0.1) is 11.3 Å². The number of anilines is 1. The number of benzene rings is 1. The van der Waals surface area contributed by atoms with Gasteiger partial charge in [-0.05, 0) is 17.5 Å². The lowest BCUT2D eigenvalue weighted by atomic mass is 10.1. The number of nitrogens with one attached hydrogen (secondary N) is 1. The summed E-state index contributed by atoms with van der Waals surface area (Å²) >= 11 is 1.56. The van der Waals surface area contributed by atoms with Crippen molar-refractivity contribution in [2.24, 2.45) is 0 Å². The smallest absolute Gasteiger partial charge is 0.290 e. The lowest BCUT2D eigenvalue weighted by molar-refractivity contribution is -0.122. The summed E-state index contributed by atoms with van der Waals surface area (Å²) < 4.78 is 1.10. The zero-order valence-electron chi connectivity index (χ0n) is 12.8. The molecule has 0 radical (unpaired) electrons. The molecule has 7 heteroatoms. The third-order valence-corrected chi connectivity index (χ3v) is 4.28. The van der Waals surface area contributed by atoms with Crippen LogP contribution in [-0.4, -0.2) is 15.7 Å². The van der Waals surface area contributed by atoms with E-state index in [9.17, 15) is 9.59 Å². The Hall–Kier alpha value is -2.93. The van der Waals surface area contributed by atoms with Crippen LogP contribution >= 0.6 is 11.3 Å². The second-order valence-corrected chi connectivity index (χ2v) is 6.20. The molecule has 3 aromatic rings. The molecule has 0 aliphatic rings. The molecule has 2 aromatic heterocycles. The Balaban J connectivity index is 1.78. The summed E-state index contributed by atoms with van der Waals surface area (Å²) in [6.07, 6.45) is 0. The molecule has 0 saturated carbocycles. The van der Waals surface area contributed by atoms with Crippen molar-refractivity contribution in [3.05, 3.63) is 69.1 Å². The number of carbonyl (C=O) groups is 1. The summed E-state index contributed by atoms with van der Waals surface area (Å²) in [5.74, 6) is -0.289. The minimum atomic E-state index is -0.471. The highest BCUT2D eigenvalue weighted by Crippen LogP contribution is 2.16. The van der Waals surface area contributed by atoms with Gasteiger partial charge in [0.25, 0.3) is 5.56 Å². The van der Waals surface area contributed by atoms with Crippen LogP contribution in [0.2, 0.25) is 0 Å². The highest BCUT2D eigenvalue weighted by atomic mass is 32.1. The van der Waals surface area contributed by atoms with E-state index in [0.29, 0.717) is 12.2 Å². The van der Waals surface area contributed by atoms with E-state index in [0.717, 1.165) is 15.1 Å². The van der Waals surface area contributed by atoms with Crippen LogP contribution in [0, 0.1) is 0 Å². The van der Waals surface area contributed by atoms with Crippen molar-refractivity contribution in [1.82, 2.24) is 15.1 Å². The van der Waals surface area contributed by atoms with Crippen molar-refractivity contribution in [2.75, 3.05) is 5.73 Å². The van der Waals surface area contributed by atoms with Crippen LogP contribution in [0.1, 0.15) is 4.88 Å². The lowest BCUT2D eigenvalue weighted by Gasteiger charge is -2.09. The number of hydrogen-bond donors (Lipinski definition) is 2. The van der Waals surface area contributed by atoms with Crippen LogP contribution in [0.15, 0.2) is 58.7 Å². The number of carbonyl (C=O) groups excluding carboxylic acids is 1. The van der Waals surface area contributed by atoms with Gasteiger partial charge in [-0.3, -0.25) is 9.59 Å². The molecule has 1 amide bonds. The minimum Gasteiger partial charge on any atom is -0.394 e. The maximum absolute atomic E-state index is 12.1. The Kier molecular flexibility index (Phi) is 4.72. The number of aromatic nitrogens is 2. The summed E-state index contributed by atoms with van der Waals surface area (Å²) in [6.45, 7) is 0.258. The molecule has 0 fully saturated rings. The molecule has 0 unspecified atom stereocenters. The molecule has 3 N–H and O–H groups in total. The molecule has 0 spiro atoms. The fraction of sp³-hybridized carbons (Fsp3) is 0.118. The van der Waals surface area contributed by atoms with E-state index in [1.54, 1.807) is 11.3 Å². The number of rotatable bonds is 5. The van der Waals surface area contributed by atoms with Crippen molar-refractivity contribution >= 4 is 22.9 Å². The van der Waals surface area contributed by atoms with Gasteiger partial charge in [0, 0.05) is 10.4 Å². The standard InChI is InChI=1S/C17H16N4O2S/c18-14-9-15(12-5-2-1-3-6-12)20-21(17(14)23)11-16(22)19-10-13-7-4-8-24-13/h1-9H,10-11,18H2,(H,19,22). The van der Waals surface area contributed by atoms with Crippen LogP contribution < -0.4 is 16.6 Å². The topological polar surface area (TPSA) is 90.0 Å². The molecule has 24 heavy (non-hydrogen) atoms. The first-order valence-corrected chi connectivity index (χ1v) is 8.23. The number of amides is 1. The Bertz CT molecular complexity index is 889. The van der Waals surface area contributed by atoms with E-state index >= 15 is 0 Å². The molecule has 3 rings (SSSR count). The summed E-state index contributed by atoms with van der Waals surface area (Å²) in [7, 11) is 0. The van der Waals surface area contributed by atoms with E-state index in [2.05, 4.69) is 10.4 Å². The fourth-order valence-corrected chi connectivity index (χ4v) is 2.85. The summed E-state index contributed by atoms with van der Waals surface area (Å²) in [4.78, 5) is 25.2. The predicted molar refractivity (Wildman–Crippen MR) is 94.5 cm³/mol. The van der Waals surface area contributed by atoms with E-state index in [1.807, 2.05) is 47.8 Å². The zero-order valence-corrected chi connectivity index (χ0v) is 13.6. The van der Waals surface area contributed by atoms with E-state index in [4.69, 9.17) is 5.73 Å². The molecule has 2 heterocycles. The van der Waals surface area contributed by atoms with Crippen LogP contribution in [0.3, 0.4) is 0 Å².